The van der Waals surface area contributed by atoms with Crippen LogP contribution in [0.15, 0.2) is 0 Å². The van der Waals surface area contributed by atoms with E-state index < -0.39 is 0 Å². The second-order valence-corrected chi connectivity index (χ2v) is 9.87. The molecule has 0 aromatic carbocycles. The maximum absolute atomic E-state index is 2.39. The van der Waals surface area contributed by atoms with Crippen molar-refractivity contribution in [2.75, 3.05) is 24.6 Å². The maximum Gasteiger partial charge on any atom is -0.000882 e. The highest BCUT2D eigenvalue weighted by atomic mass is 31.2. The number of hydrogen-bond acceptors (Lipinski definition) is 0. The van der Waals surface area contributed by atoms with Crippen LogP contribution in [-0.4, -0.2) is 30.0 Å². The Morgan fingerprint density at radius 2 is 1.00 bits per heavy atom. The Morgan fingerprint density at radius 1 is 0.692 bits per heavy atom. The molecule has 0 amide bonds. The predicted molar refractivity (Wildman–Crippen MR) is 70.1 cm³/mol. The first-order chi connectivity index (χ1) is 6.24. The molecule has 0 radical (unpaired) electrons. The van der Waals surface area contributed by atoms with Crippen LogP contribution in [0.5, 0.6) is 0 Å². The summed E-state index contributed by atoms with van der Waals surface area (Å²) in [5, 5.41) is 1.11. The van der Waals surface area contributed by atoms with Gasteiger partial charge < -0.3 is 0 Å². The van der Waals surface area contributed by atoms with Crippen molar-refractivity contribution in [1.82, 2.24) is 0 Å². The SMILES string of the molecule is CCC(P(CC)CC)P(CC)CC. The van der Waals surface area contributed by atoms with Crippen LogP contribution < -0.4 is 0 Å². The zero-order valence-corrected chi connectivity index (χ0v) is 11.8. The molecule has 0 fully saturated rings. The largest absolute Gasteiger partial charge is 0.0997 e. The molecule has 13 heavy (non-hydrogen) atoms. The Bertz CT molecular complexity index is 94.7. The second-order valence-electron chi connectivity index (χ2n) is 3.33. The molecular formula is C11H26P2. The highest BCUT2D eigenvalue weighted by molar-refractivity contribution is 7.75. The minimum atomic E-state index is 0.358. The van der Waals surface area contributed by atoms with Crippen LogP contribution in [0.4, 0.5) is 0 Å². The highest BCUT2D eigenvalue weighted by Crippen LogP contribution is 2.58. The van der Waals surface area contributed by atoms with Gasteiger partial charge in [-0.25, -0.2) is 0 Å². The molecule has 0 saturated carbocycles. The molecule has 0 aliphatic heterocycles. The van der Waals surface area contributed by atoms with E-state index >= 15 is 0 Å². The molecule has 0 saturated heterocycles. The van der Waals surface area contributed by atoms with Gasteiger partial charge in [-0.15, -0.1) is 0 Å². The fourth-order valence-electron chi connectivity index (χ4n) is 2.04. The molecular weight excluding hydrogens is 194 g/mol. The fraction of sp³-hybridized carbons (Fsp3) is 1.00. The molecule has 0 bridgehead atoms. The lowest BCUT2D eigenvalue weighted by Gasteiger charge is -2.32. The summed E-state index contributed by atoms with van der Waals surface area (Å²) in [6.45, 7) is 11.9. The summed E-state index contributed by atoms with van der Waals surface area (Å²) in [6.07, 6.45) is 7.22. The zero-order valence-electron chi connectivity index (χ0n) is 10.0. The average molecular weight is 220 g/mol. The van der Waals surface area contributed by atoms with Crippen molar-refractivity contribution in [3.63, 3.8) is 0 Å². The Hall–Kier alpha value is 0.860. The van der Waals surface area contributed by atoms with Crippen LogP contribution in [-0.2, 0) is 0 Å². The maximum atomic E-state index is 2.39. The lowest BCUT2D eigenvalue weighted by Crippen LogP contribution is -2.07. The van der Waals surface area contributed by atoms with Crippen LogP contribution >= 0.6 is 15.8 Å². The van der Waals surface area contributed by atoms with Crippen LogP contribution in [0, 0.1) is 0 Å². The standard InChI is InChI=1S/C11H26P2/c1-6-11(12(7-2)8-3)13(9-4)10-5/h11H,6-10H2,1-5H3. The quantitative estimate of drug-likeness (QED) is 0.542. The van der Waals surface area contributed by atoms with E-state index in [-0.39, 0.29) is 0 Å². The van der Waals surface area contributed by atoms with E-state index in [1.807, 2.05) is 0 Å². The molecule has 0 aliphatic rings. The summed E-state index contributed by atoms with van der Waals surface area (Å²) >= 11 is 0. The van der Waals surface area contributed by atoms with Gasteiger partial charge in [0.05, 0.1) is 0 Å². The third kappa shape index (κ3) is 4.26. The van der Waals surface area contributed by atoms with Gasteiger partial charge >= 0.3 is 0 Å². The van der Waals surface area contributed by atoms with Gasteiger partial charge in [-0.05, 0) is 36.5 Å². The van der Waals surface area contributed by atoms with E-state index in [0.29, 0.717) is 15.8 Å². The summed E-state index contributed by atoms with van der Waals surface area (Å²) in [6, 6.07) is 0. The van der Waals surface area contributed by atoms with E-state index in [1.54, 1.807) is 0 Å². The van der Waals surface area contributed by atoms with Gasteiger partial charge in [-0.2, -0.15) is 0 Å². The minimum absolute atomic E-state index is 0.358. The molecule has 2 heteroatoms. The van der Waals surface area contributed by atoms with Crippen LogP contribution in [0.2, 0.25) is 0 Å². The lowest BCUT2D eigenvalue weighted by molar-refractivity contribution is 1.01. The molecule has 0 aromatic heterocycles. The zero-order chi connectivity index (χ0) is 10.3. The third-order valence-electron chi connectivity index (χ3n) is 2.83. The molecule has 0 unspecified atom stereocenters. The van der Waals surface area contributed by atoms with Crippen LogP contribution in [0.25, 0.3) is 0 Å². The van der Waals surface area contributed by atoms with Crippen molar-refractivity contribution in [2.45, 2.75) is 46.4 Å². The summed E-state index contributed by atoms with van der Waals surface area (Å²) in [5.41, 5.74) is 0. The topological polar surface area (TPSA) is 0 Å². The van der Waals surface area contributed by atoms with Gasteiger partial charge in [-0.1, -0.05) is 50.5 Å². The third-order valence-corrected chi connectivity index (χ3v) is 10.5. The first-order valence-corrected chi connectivity index (χ1v) is 9.29. The van der Waals surface area contributed by atoms with Gasteiger partial charge in [0.15, 0.2) is 0 Å². The fourth-order valence-corrected chi connectivity index (χ4v) is 9.46. The normalized spacial score (nSPS) is 12.0. The lowest BCUT2D eigenvalue weighted by atomic mass is 10.6. The van der Waals surface area contributed by atoms with Crippen molar-refractivity contribution in [3.05, 3.63) is 0 Å². The van der Waals surface area contributed by atoms with Gasteiger partial charge in [0, 0.05) is 0 Å². The van der Waals surface area contributed by atoms with E-state index in [9.17, 15) is 0 Å². The summed E-state index contributed by atoms with van der Waals surface area (Å²) < 4.78 is 0. The summed E-state index contributed by atoms with van der Waals surface area (Å²) in [5.74, 6) is 0. The first kappa shape index (κ1) is 13.9. The van der Waals surface area contributed by atoms with Gasteiger partial charge in [0.25, 0.3) is 0 Å². The first-order valence-electron chi connectivity index (χ1n) is 5.73. The van der Waals surface area contributed by atoms with E-state index in [1.165, 1.54) is 31.1 Å². The second kappa shape index (κ2) is 8.19. The predicted octanol–water partition coefficient (Wildman–Crippen LogP) is 4.77. The molecule has 0 spiro atoms. The number of hydrogen-bond donors (Lipinski definition) is 0. The van der Waals surface area contributed by atoms with E-state index in [4.69, 9.17) is 0 Å². The smallest absolute Gasteiger partial charge is 0.000882 e. The van der Waals surface area contributed by atoms with Crippen molar-refractivity contribution in [2.24, 2.45) is 0 Å². The molecule has 0 nitrogen and oxygen atoms in total. The number of rotatable bonds is 7. The van der Waals surface area contributed by atoms with Gasteiger partial charge in [0.2, 0.25) is 0 Å². The molecule has 0 heterocycles. The van der Waals surface area contributed by atoms with Crippen molar-refractivity contribution in [1.29, 1.82) is 0 Å². The molecule has 0 atom stereocenters. The highest BCUT2D eigenvalue weighted by Gasteiger charge is 2.22. The van der Waals surface area contributed by atoms with Crippen molar-refractivity contribution < 1.29 is 0 Å². The van der Waals surface area contributed by atoms with E-state index in [0.717, 1.165) is 5.40 Å². The van der Waals surface area contributed by atoms with Crippen molar-refractivity contribution in [3.8, 4) is 0 Å². The summed E-state index contributed by atoms with van der Waals surface area (Å²) in [7, 11) is 0.716. The molecule has 80 valence electrons. The van der Waals surface area contributed by atoms with Crippen molar-refractivity contribution >= 4 is 15.8 Å². The Balaban J connectivity index is 4.26. The Kier molecular flexibility index (Phi) is 8.73. The van der Waals surface area contributed by atoms with Crippen LogP contribution in [0.1, 0.15) is 41.0 Å². The Labute approximate surface area is 87.4 Å². The molecule has 0 aliphatic carbocycles. The molecule has 0 aromatic rings. The van der Waals surface area contributed by atoms with Crippen LogP contribution in [0.3, 0.4) is 0 Å². The van der Waals surface area contributed by atoms with Gasteiger partial charge in [0.1, 0.15) is 0 Å². The minimum Gasteiger partial charge on any atom is -0.0997 e. The average Bonchev–Trinajstić information content (AvgIpc) is 2.18. The summed E-state index contributed by atoms with van der Waals surface area (Å²) in [4.78, 5) is 0. The monoisotopic (exact) mass is 220 g/mol. The van der Waals surface area contributed by atoms with E-state index in [2.05, 4.69) is 34.6 Å². The molecule has 0 rings (SSSR count). The molecule has 0 N–H and O–H groups in total. The Morgan fingerprint density at radius 3 is 1.15 bits per heavy atom. The van der Waals surface area contributed by atoms with Gasteiger partial charge in [-0.3, -0.25) is 0 Å².